The van der Waals surface area contributed by atoms with Gasteiger partial charge in [0, 0.05) is 30.8 Å². The number of pyridine rings is 1. The molecule has 76 valence electrons. The first kappa shape index (κ1) is 11.3. The highest BCUT2D eigenvalue weighted by molar-refractivity contribution is 9.10. The van der Waals surface area contributed by atoms with Gasteiger partial charge in [0.05, 0.1) is 0 Å². The second-order valence-corrected chi connectivity index (χ2v) is 3.80. The van der Waals surface area contributed by atoms with Crippen LogP contribution in [0.25, 0.3) is 0 Å². The van der Waals surface area contributed by atoms with E-state index in [1.54, 1.807) is 19.4 Å². The van der Waals surface area contributed by atoms with Crippen molar-refractivity contribution >= 4 is 21.7 Å². The highest BCUT2D eigenvalue weighted by atomic mass is 79.9. The first-order chi connectivity index (χ1) is 6.74. The first-order valence-corrected chi connectivity index (χ1v) is 5.17. The fourth-order valence-corrected chi connectivity index (χ4v) is 1.28. The molecule has 0 aliphatic carbocycles. The molecule has 0 N–H and O–H groups in total. The van der Waals surface area contributed by atoms with E-state index in [9.17, 15) is 4.79 Å². The average Bonchev–Trinajstić information content (AvgIpc) is 2.19. The molecule has 4 heteroatoms. The molecule has 0 unspecified atom stereocenters. The minimum absolute atomic E-state index is 0.0644. The summed E-state index contributed by atoms with van der Waals surface area (Å²) in [5, 5.41) is 0. The smallest absolute Gasteiger partial charge is 0.181 e. The molecule has 14 heavy (non-hydrogen) atoms. The summed E-state index contributed by atoms with van der Waals surface area (Å²) in [7, 11) is 1.63. The molecule has 0 aliphatic heterocycles. The highest BCUT2D eigenvalue weighted by Crippen LogP contribution is 2.09. The van der Waals surface area contributed by atoms with Gasteiger partial charge in [-0.25, -0.2) is 0 Å². The van der Waals surface area contributed by atoms with Gasteiger partial charge >= 0.3 is 0 Å². The molecule has 0 radical (unpaired) electrons. The van der Waals surface area contributed by atoms with E-state index in [0.717, 1.165) is 10.9 Å². The summed E-state index contributed by atoms with van der Waals surface area (Å²) >= 11 is 3.26. The first-order valence-electron chi connectivity index (χ1n) is 4.37. The highest BCUT2D eigenvalue weighted by Gasteiger charge is 2.06. The molecule has 1 heterocycles. The molecular weight excluding hydrogens is 246 g/mol. The number of carbonyl (C=O) groups excluding carboxylic acids is 1. The van der Waals surface area contributed by atoms with E-state index in [2.05, 4.69) is 20.9 Å². The number of carbonyl (C=O) groups is 1. The third kappa shape index (κ3) is 3.55. The molecule has 1 aromatic heterocycles. The Kier molecular flexibility index (Phi) is 4.76. The zero-order chi connectivity index (χ0) is 10.4. The maximum Gasteiger partial charge on any atom is 0.181 e. The molecule has 0 aliphatic rings. The number of halogens is 1. The Morgan fingerprint density at radius 1 is 1.57 bits per heavy atom. The van der Waals surface area contributed by atoms with Crippen molar-refractivity contribution < 1.29 is 9.53 Å². The van der Waals surface area contributed by atoms with E-state index < -0.39 is 0 Å². The van der Waals surface area contributed by atoms with Crippen LogP contribution in [0.2, 0.25) is 0 Å². The van der Waals surface area contributed by atoms with Crippen molar-refractivity contribution in [2.75, 3.05) is 13.7 Å². The maximum absolute atomic E-state index is 11.5. The second-order valence-electron chi connectivity index (χ2n) is 2.88. The Morgan fingerprint density at radius 3 is 2.93 bits per heavy atom. The van der Waals surface area contributed by atoms with Crippen LogP contribution < -0.4 is 0 Å². The fraction of sp³-hybridized carbons (Fsp3) is 0.400. The number of aromatic nitrogens is 1. The van der Waals surface area contributed by atoms with Gasteiger partial charge in [0.15, 0.2) is 5.78 Å². The van der Waals surface area contributed by atoms with E-state index in [4.69, 9.17) is 4.74 Å². The number of hydrogen-bond donors (Lipinski definition) is 0. The summed E-state index contributed by atoms with van der Waals surface area (Å²) < 4.78 is 5.75. The van der Waals surface area contributed by atoms with Crippen LogP contribution in [-0.2, 0) is 4.74 Å². The molecule has 0 saturated heterocycles. The Labute approximate surface area is 91.6 Å². The molecule has 0 atom stereocenters. The van der Waals surface area contributed by atoms with Crippen molar-refractivity contribution in [2.24, 2.45) is 0 Å². The molecule has 3 nitrogen and oxygen atoms in total. The van der Waals surface area contributed by atoms with Crippen LogP contribution in [-0.4, -0.2) is 24.5 Å². The molecule has 0 saturated carbocycles. The summed E-state index contributed by atoms with van der Waals surface area (Å²) in [6, 6.07) is 3.54. The maximum atomic E-state index is 11.5. The SMILES string of the molecule is COCCCC(=O)c1ccc(Br)cn1. The predicted octanol–water partition coefficient (Wildman–Crippen LogP) is 2.45. The lowest BCUT2D eigenvalue weighted by Gasteiger charge is -1.99. The van der Waals surface area contributed by atoms with E-state index in [1.807, 2.05) is 6.07 Å². The number of rotatable bonds is 5. The minimum Gasteiger partial charge on any atom is -0.385 e. The van der Waals surface area contributed by atoms with Gasteiger partial charge < -0.3 is 4.74 Å². The van der Waals surface area contributed by atoms with Crippen molar-refractivity contribution in [1.82, 2.24) is 4.98 Å². The van der Waals surface area contributed by atoms with Gasteiger partial charge in [-0.3, -0.25) is 9.78 Å². The van der Waals surface area contributed by atoms with Crippen molar-refractivity contribution in [3.8, 4) is 0 Å². The second kappa shape index (κ2) is 5.88. The van der Waals surface area contributed by atoms with Gasteiger partial charge in [0.2, 0.25) is 0 Å². The van der Waals surface area contributed by atoms with Crippen molar-refractivity contribution in [2.45, 2.75) is 12.8 Å². The Morgan fingerprint density at radius 2 is 2.36 bits per heavy atom. The van der Waals surface area contributed by atoms with E-state index in [1.165, 1.54) is 0 Å². The number of Topliss-reactive ketones (excluding diaryl/α,β-unsaturated/α-hetero) is 1. The topological polar surface area (TPSA) is 39.2 Å². The van der Waals surface area contributed by atoms with Crippen LogP contribution in [0.1, 0.15) is 23.3 Å². The van der Waals surface area contributed by atoms with E-state index in [-0.39, 0.29) is 5.78 Å². The van der Waals surface area contributed by atoms with Gasteiger partial charge in [0.1, 0.15) is 5.69 Å². The largest absolute Gasteiger partial charge is 0.385 e. The monoisotopic (exact) mass is 257 g/mol. The molecule has 0 amide bonds. The van der Waals surface area contributed by atoms with Crippen LogP contribution >= 0.6 is 15.9 Å². The Hall–Kier alpha value is -0.740. The molecule has 0 spiro atoms. The lowest BCUT2D eigenvalue weighted by Crippen LogP contribution is -2.03. The Balaban J connectivity index is 2.48. The number of methoxy groups -OCH3 is 1. The van der Waals surface area contributed by atoms with E-state index in [0.29, 0.717) is 18.7 Å². The molecule has 1 rings (SSSR count). The summed E-state index contributed by atoms with van der Waals surface area (Å²) in [4.78, 5) is 15.5. The van der Waals surface area contributed by atoms with Gasteiger partial charge in [-0.2, -0.15) is 0 Å². The molecule has 0 fully saturated rings. The number of hydrogen-bond acceptors (Lipinski definition) is 3. The Bertz CT molecular complexity index is 297. The molecule has 0 aromatic carbocycles. The quantitative estimate of drug-likeness (QED) is 0.601. The van der Waals surface area contributed by atoms with Gasteiger partial charge in [-0.1, -0.05) is 0 Å². The number of ketones is 1. The minimum atomic E-state index is 0.0644. The third-order valence-electron chi connectivity index (χ3n) is 1.77. The molecular formula is C10H12BrNO2. The summed E-state index contributed by atoms with van der Waals surface area (Å²) in [6.45, 7) is 0.613. The lowest BCUT2D eigenvalue weighted by atomic mass is 10.1. The predicted molar refractivity (Wildman–Crippen MR) is 57.4 cm³/mol. The zero-order valence-corrected chi connectivity index (χ0v) is 9.58. The van der Waals surface area contributed by atoms with Gasteiger partial charge in [0.25, 0.3) is 0 Å². The number of nitrogens with zero attached hydrogens (tertiary/aromatic N) is 1. The summed E-state index contributed by atoms with van der Waals surface area (Å²) in [6.07, 6.45) is 2.86. The summed E-state index contributed by atoms with van der Waals surface area (Å²) in [5.41, 5.74) is 0.518. The van der Waals surface area contributed by atoms with Gasteiger partial charge in [-0.05, 0) is 34.5 Å². The lowest BCUT2D eigenvalue weighted by molar-refractivity contribution is 0.0958. The van der Waals surface area contributed by atoms with Crippen molar-refractivity contribution in [3.05, 3.63) is 28.5 Å². The average molecular weight is 258 g/mol. The third-order valence-corrected chi connectivity index (χ3v) is 2.23. The van der Waals surface area contributed by atoms with E-state index >= 15 is 0 Å². The van der Waals surface area contributed by atoms with Crippen molar-refractivity contribution in [1.29, 1.82) is 0 Å². The standard InChI is InChI=1S/C10H12BrNO2/c1-14-6-2-3-10(13)9-5-4-8(11)7-12-9/h4-5,7H,2-3,6H2,1H3. The molecule has 1 aromatic rings. The number of ether oxygens (including phenoxy) is 1. The van der Waals surface area contributed by atoms with Gasteiger partial charge in [-0.15, -0.1) is 0 Å². The summed E-state index contributed by atoms with van der Waals surface area (Å²) in [5.74, 6) is 0.0644. The zero-order valence-electron chi connectivity index (χ0n) is 8.00. The van der Waals surface area contributed by atoms with Crippen LogP contribution in [0.3, 0.4) is 0 Å². The van der Waals surface area contributed by atoms with Crippen LogP contribution in [0.4, 0.5) is 0 Å². The molecule has 0 bridgehead atoms. The van der Waals surface area contributed by atoms with Crippen LogP contribution in [0.15, 0.2) is 22.8 Å². The normalized spacial score (nSPS) is 10.1. The van der Waals surface area contributed by atoms with Crippen LogP contribution in [0, 0.1) is 0 Å². The fourth-order valence-electron chi connectivity index (χ4n) is 1.05. The van der Waals surface area contributed by atoms with Crippen molar-refractivity contribution in [3.63, 3.8) is 0 Å². The van der Waals surface area contributed by atoms with Crippen LogP contribution in [0.5, 0.6) is 0 Å².